The summed E-state index contributed by atoms with van der Waals surface area (Å²) in [6.07, 6.45) is 3.86. The van der Waals surface area contributed by atoms with Crippen LogP contribution in [-0.2, 0) is 11.3 Å². The van der Waals surface area contributed by atoms with E-state index in [2.05, 4.69) is 36.8 Å². The van der Waals surface area contributed by atoms with Crippen molar-refractivity contribution >= 4 is 23.2 Å². The largest absolute Gasteiger partial charge is 0.330 e. The molecule has 1 amide bonds. The molecule has 6 nitrogen and oxygen atoms in total. The average molecular weight is 442 g/mol. The van der Waals surface area contributed by atoms with Gasteiger partial charge in [-0.05, 0) is 18.2 Å². The van der Waals surface area contributed by atoms with Crippen molar-refractivity contribution in [2.75, 3.05) is 44.6 Å². The minimum absolute atomic E-state index is 0.000252. The number of nitrogens with zero attached hydrogens (tertiary/aromatic N) is 4. The van der Waals surface area contributed by atoms with E-state index in [4.69, 9.17) is 11.6 Å². The number of nitrogens with one attached hydrogen (secondary N) is 1. The molecule has 8 heteroatoms. The number of rotatable bonds is 7. The minimum atomic E-state index is -0.498. The third kappa shape index (κ3) is 5.70. The van der Waals surface area contributed by atoms with E-state index in [1.807, 2.05) is 30.6 Å². The summed E-state index contributed by atoms with van der Waals surface area (Å²) in [5, 5.41) is 2.78. The first-order valence-electron chi connectivity index (χ1n) is 10.3. The van der Waals surface area contributed by atoms with E-state index in [9.17, 15) is 9.18 Å². The van der Waals surface area contributed by atoms with Crippen LogP contribution in [0.2, 0.25) is 5.02 Å². The van der Waals surface area contributed by atoms with E-state index in [-0.39, 0.29) is 10.9 Å². The van der Waals surface area contributed by atoms with Crippen LogP contribution in [0, 0.1) is 5.82 Å². The fourth-order valence-corrected chi connectivity index (χ4v) is 3.92. The second-order valence-electron chi connectivity index (χ2n) is 7.61. The number of benzene rings is 2. The summed E-state index contributed by atoms with van der Waals surface area (Å²) in [6, 6.07) is 14.4. The van der Waals surface area contributed by atoms with Gasteiger partial charge in [-0.3, -0.25) is 14.6 Å². The molecule has 2 heterocycles. The van der Waals surface area contributed by atoms with Crippen LogP contribution in [0.5, 0.6) is 0 Å². The van der Waals surface area contributed by atoms with Crippen LogP contribution in [-0.4, -0.2) is 64.5 Å². The van der Waals surface area contributed by atoms with E-state index in [1.165, 1.54) is 18.2 Å². The van der Waals surface area contributed by atoms with Crippen LogP contribution in [0.3, 0.4) is 0 Å². The molecule has 4 rings (SSSR count). The molecule has 1 aromatic heterocycles. The van der Waals surface area contributed by atoms with Crippen molar-refractivity contribution in [2.45, 2.75) is 6.54 Å². The number of hydrogen-bond donors (Lipinski definition) is 1. The smallest absolute Gasteiger partial charge is 0.238 e. The number of carbonyl (C=O) groups excluding carboxylic acids is 1. The molecule has 1 N–H and O–H groups in total. The summed E-state index contributed by atoms with van der Waals surface area (Å²) in [6.45, 7) is 5.58. The highest BCUT2D eigenvalue weighted by atomic mass is 35.5. The third-order valence-corrected chi connectivity index (χ3v) is 5.73. The molecule has 0 aliphatic carbocycles. The van der Waals surface area contributed by atoms with Crippen molar-refractivity contribution in [2.24, 2.45) is 0 Å². The van der Waals surface area contributed by atoms with Crippen LogP contribution >= 0.6 is 11.6 Å². The highest BCUT2D eigenvalue weighted by Gasteiger charge is 2.19. The highest BCUT2D eigenvalue weighted by molar-refractivity contribution is 6.31. The molecule has 1 aliphatic rings. The van der Waals surface area contributed by atoms with E-state index < -0.39 is 5.82 Å². The molecular formula is C23H25ClFN5O. The number of halogens is 2. The predicted molar refractivity (Wildman–Crippen MR) is 121 cm³/mol. The molecule has 3 aromatic rings. The van der Waals surface area contributed by atoms with Crippen LogP contribution in [0.1, 0.15) is 0 Å². The Kier molecular flexibility index (Phi) is 6.96. The summed E-state index contributed by atoms with van der Waals surface area (Å²) >= 11 is 5.77. The minimum Gasteiger partial charge on any atom is -0.330 e. The Morgan fingerprint density at radius 2 is 1.77 bits per heavy atom. The highest BCUT2D eigenvalue weighted by Crippen LogP contribution is 2.19. The first kappa shape index (κ1) is 21.5. The molecule has 31 heavy (non-hydrogen) atoms. The first-order valence-corrected chi connectivity index (χ1v) is 10.7. The fraction of sp³-hybridized carbons (Fsp3) is 0.304. The summed E-state index contributed by atoms with van der Waals surface area (Å²) < 4.78 is 15.4. The Morgan fingerprint density at radius 1 is 1.03 bits per heavy atom. The molecule has 0 atom stereocenters. The van der Waals surface area contributed by atoms with Gasteiger partial charge >= 0.3 is 0 Å². The number of imidazole rings is 1. The van der Waals surface area contributed by atoms with E-state index in [1.54, 1.807) is 0 Å². The number of carbonyl (C=O) groups is 1. The van der Waals surface area contributed by atoms with Gasteiger partial charge in [-0.1, -0.05) is 41.9 Å². The standard InChI is InChI=1S/C23H25ClFN5O/c24-20-16-19(6-7-21(20)25)27-22(31)17-29-12-10-28(11-13-29)14-15-30-9-8-26-23(30)18-4-2-1-3-5-18/h1-9,16H,10-15,17H2,(H,27,31). The molecule has 0 bridgehead atoms. The molecule has 0 radical (unpaired) electrons. The van der Waals surface area contributed by atoms with Crippen molar-refractivity contribution in [1.82, 2.24) is 19.4 Å². The van der Waals surface area contributed by atoms with Gasteiger partial charge in [-0.25, -0.2) is 9.37 Å². The lowest BCUT2D eigenvalue weighted by Crippen LogP contribution is -2.49. The van der Waals surface area contributed by atoms with E-state index >= 15 is 0 Å². The zero-order valence-electron chi connectivity index (χ0n) is 17.2. The van der Waals surface area contributed by atoms with Gasteiger partial charge in [0.15, 0.2) is 0 Å². The zero-order valence-corrected chi connectivity index (χ0v) is 17.9. The zero-order chi connectivity index (χ0) is 21.6. The molecule has 1 aliphatic heterocycles. The summed E-state index contributed by atoms with van der Waals surface area (Å²) in [4.78, 5) is 21.3. The van der Waals surface area contributed by atoms with Gasteiger partial charge in [0.1, 0.15) is 11.6 Å². The van der Waals surface area contributed by atoms with Crippen LogP contribution < -0.4 is 5.32 Å². The monoisotopic (exact) mass is 441 g/mol. The second kappa shape index (κ2) is 10.0. The van der Waals surface area contributed by atoms with Gasteiger partial charge in [0.2, 0.25) is 5.91 Å². The molecular weight excluding hydrogens is 417 g/mol. The summed E-state index contributed by atoms with van der Waals surface area (Å²) in [5.41, 5.74) is 1.62. The molecule has 0 saturated carbocycles. The van der Waals surface area contributed by atoms with Crippen molar-refractivity contribution in [3.63, 3.8) is 0 Å². The Hall–Kier alpha value is -2.74. The van der Waals surface area contributed by atoms with Gasteiger partial charge in [0.25, 0.3) is 0 Å². The fourth-order valence-electron chi connectivity index (χ4n) is 3.73. The number of amides is 1. The van der Waals surface area contributed by atoms with E-state index in [0.29, 0.717) is 12.2 Å². The number of piperazine rings is 1. The van der Waals surface area contributed by atoms with Gasteiger partial charge in [0, 0.05) is 62.9 Å². The summed E-state index contributed by atoms with van der Waals surface area (Å²) in [5.74, 6) is 0.362. The lowest BCUT2D eigenvalue weighted by atomic mass is 10.2. The van der Waals surface area contributed by atoms with Gasteiger partial charge in [0.05, 0.1) is 11.6 Å². The number of aromatic nitrogens is 2. The topological polar surface area (TPSA) is 53.4 Å². The van der Waals surface area contributed by atoms with Crippen LogP contribution in [0.4, 0.5) is 10.1 Å². The number of hydrogen-bond acceptors (Lipinski definition) is 4. The summed E-state index contributed by atoms with van der Waals surface area (Å²) in [7, 11) is 0. The van der Waals surface area contributed by atoms with Gasteiger partial charge in [-0.15, -0.1) is 0 Å². The molecule has 2 aromatic carbocycles. The Labute approximate surface area is 186 Å². The SMILES string of the molecule is O=C(CN1CCN(CCn2ccnc2-c2ccccc2)CC1)Nc1ccc(F)c(Cl)c1. The van der Waals surface area contributed by atoms with E-state index in [0.717, 1.165) is 50.7 Å². The van der Waals surface area contributed by atoms with Crippen molar-refractivity contribution in [3.05, 3.63) is 71.8 Å². The maximum absolute atomic E-state index is 13.2. The van der Waals surface area contributed by atoms with Crippen LogP contribution in [0.15, 0.2) is 60.9 Å². The van der Waals surface area contributed by atoms with Crippen LogP contribution in [0.25, 0.3) is 11.4 Å². The Bertz CT molecular complexity index is 1020. The Morgan fingerprint density at radius 3 is 2.52 bits per heavy atom. The lowest BCUT2D eigenvalue weighted by Gasteiger charge is -2.34. The predicted octanol–water partition coefficient (Wildman–Crippen LogP) is 3.60. The molecule has 0 unspecified atom stereocenters. The molecule has 1 fully saturated rings. The van der Waals surface area contributed by atoms with Gasteiger partial charge < -0.3 is 9.88 Å². The lowest BCUT2D eigenvalue weighted by molar-refractivity contribution is -0.117. The molecule has 162 valence electrons. The van der Waals surface area contributed by atoms with Gasteiger partial charge in [-0.2, -0.15) is 0 Å². The number of anilines is 1. The maximum Gasteiger partial charge on any atom is 0.238 e. The third-order valence-electron chi connectivity index (χ3n) is 5.44. The maximum atomic E-state index is 13.2. The first-order chi connectivity index (χ1) is 15.1. The normalized spacial score (nSPS) is 15.2. The van der Waals surface area contributed by atoms with Crippen molar-refractivity contribution in [1.29, 1.82) is 0 Å². The van der Waals surface area contributed by atoms with Crippen molar-refractivity contribution in [3.8, 4) is 11.4 Å². The Balaban J connectivity index is 1.22. The second-order valence-corrected chi connectivity index (χ2v) is 8.01. The molecule has 0 spiro atoms. The molecule has 1 saturated heterocycles. The average Bonchev–Trinajstić information content (AvgIpc) is 3.25. The quantitative estimate of drug-likeness (QED) is 0.608. The van der Waals surface area contributed by atoms with Crippen molar-refractivity contribution < 1.29 is 9.18 Å².